The van der Waals surface area contributed by atoms with Gasteiger partial charge in [0.2, 0.25) is 0 Å². The lowest BCUT2D eigenvalue weighted by Gasteiger charge is -2.22. The molecule has 0 unspecified atom stereocenters. The van der Waals surface area contributed by atoms with Crippen LogP contribution in [0.3, 0.4) is 0 Å². The molecule has 1 heterocycles. The molecule has 108 valence electrons. The topological polar surface area (TPSA) is 98.3 Å². The number of carbonyl (C=O) groups excluding carboxylic acids is 1. The van der Waals surface area contributed by atoms with E-state index in [2.05, 4.69) is 28.4 Å². The van der Waals surface area contributed by atoms with Gasteiger partial charge < -0.3 is 20.3 Å². The van der Waals surface area contributed by atoms with Crippen molar-refractivity contribution < 1.29 is 14.7 Å². The van der Waals surface area contributed by atoms with Gasteiger partial charge in [0, 0.05) is 31.4 Å². The molecule has 20 heavy (non-hydrogen) atoms. The van der Waals surface area contributed by atoms with Crippen LogP contribution in [-0.4, -0.2) is 51.1 Å². The van der Waals surface area contributed by atoms with Crippen LogP contribution < -0.4 is 5.32 Å². The van der Waals surface area contributed by atoms with Gasteiger partial charge >= 0.3 is 12.0 Å². The first kappa shape index (κ1) is 15.5. The van der Waals surface area contributed by atoms with Gasteiger partial charge in [-0.05, 0) is 0 Å². The standard InChI is InChI=1S/C13H18N4O3/c1-3-5-17(6-4-2)13(20)16-11(12(18)19)7-10-8-14-9-15-10/h3-4,8-9,11H,1-2,5-7H2,(H,14,15)(H,16,20)(H,18,19)/t11-/m0/s1. The van der Waals surface area contributed by atoms with Crippen molar-refractivity contribution in [2.45, 2.75) is 12.5 Å². The molecule has 1 atom stereocenters. The minimum Gasteiger partial charge on any atom is -0.480 e. The summed E-state index contributed by atoms with van der Waals surface area (Å²) in [6.07, 6.45) is 6.24. The zero-order chi connectivity index (χ0) is 15.0. The minimum atomic E-state index is -1.11. The van der Waals surface area contributed by atoms with E-state index in [4.69, 9.17) is 5.11 Å². The van der Waals surface area contributed by atoms with Gasteiger partial charge in [-0.2, -0.15) is 0 Å². The molecule has 3 N–H and O–H groups in total. The third-order valence-corrected chi connectivity index (χ3v) is 2.56. The van der Waals surface area contributed by atoms with Crippen LogP contribution in [0.15, 0.2) is 37.8 Å². The Kier molecular flexibility index (Phi) is 6.02. The predicted molar refractivity (Wildman–Crippen MR) is 74.2 cm³/mol. The van der Waals surface area contributed by atoms with Crippen LogP contribution >= 0.6 is 0 Å². The van der Waals surface area contributed by atoms with Crippen molar-refractivity contribution in [2.75, 3.05) is 13.1 Å². The lowest BCUT2D eigenvalue weighted by atomic mass is 10.1. The van der Waals surface area contributed by atoms with Gasteiger partial charge in [0.25, 0.3) is 0 Å². The summed E-state index contributed by atoms with van der Waals surface area (Å²) in [7, 11) is 0. The maximum absolute atomic E-state index is 12.0. The number of amides is 2. The Balaban J connectivity index is 2.68. The third-order valence-electron chi connectivity index (χ3n) is 2.56. The number of aromatic nitrogens is 2. The predicted octanol–water partition coefficient (Wildman–Crippen LogP) is 0.789. The summed E-state index contributed by atoms with van der Waals surface area (Å²) in [5.74, 6) is -1.11. The molecule has 0 bridgehead atoms. The number of rotatable bonds is 8. The average molecular weight is 278 g/mol. The van der Waals surface area contributed by atoms with Crippen molar-refractivity contribution in [3.05, 3.63) is 43.5 Å². The molecule has 0 aliphatic rings. The lowest BCUT2D eigenvalue weighted by molar-refractivity contribution is -0.139. The number of aromatic amines is 1. The molecule has 1 aromatic rings. The van der Waals surface area contributed by atoms with Crippen LogP contribution in [0.25, 0.3) is 0 Å². The summed E-state index contributed by atoms with van der Waals surface area (Å²) in [5.41, 5.74) is 0.636. The van der Waals surface area contributed by atoms with Crippen molar-refractivity contribution >= 4 is 12.0 Å². The second kappa shape index (κ2) is 7.78. The third kappa shape index (κ3) is 4.60. The van der Waals surface area contributed by atoms with Gasteiger partial charge in [-0.25, -0.2) is 14.6 Å². The van der Waals surface area contributed by atoms with Crippen molar-refractivity contribution in [1.29, 1.82) is 0 Å². The second-order valence-corrected chi connectivity index (χ2v) is 4.10. The molecule has 0 saturated carbocycles. The Bertz CT molecular complexity index is 460. The van der Waals surface area contributed by atoms with Gasteiger partial charge in [-0.3, -0.25) is 0 Å². The Labute approximate surface area is 117 Å². The number of hydrogen-bond donors (Lipinski definition) is 3. The molecule has 7 nitrogen and oxygen atoms in total. The number of H-pyrrole nitrogens is 1. The van der Waals surface area contributed by atoms with Gasteiger partial charge in [0.15, 0.2) is 0 Å². The normalized spacial score (nSPS) is 11.4. The Hall–Kier alpha value is -2.57. The highest BCUT2D eigenvalue weighted by atomic mass is 16.4. The smallest absolute Gasteiger partial charge is 0.326 e. The second-order valence-electron chi connectivity index (χ2n) is 4.10. The van der Waals surface area contributed by atoms with Gasteiger partial charge in [-0.1, -0.05) is 12.2 Å². The number of nitrogens with zero attached hydrogens (tertiary/aromatic N) is 2. The largest absolute Gasteiger partial charge is 0.480 e. The molecule has 0 radical (unpaired) electrons. The van der Waals surface area contributed by atoms with Gasteiger partial charge in [-0.15, -0.1) is 13.2 Å². The van der Waals surface area contributed by atoms with Crippen LogP contribution in [-0.2, 0) is 11.2 Å². The van der Waals surface area contributed by atoms with E-state index >= 15 is 0 Å². The highest BCUT2D eigenvalue weighted by Gasteiger charge is 2.23. The summed E-state index contributed by atoms with van der Waals surface area (Å²) in [4.78, 5) is 31.2. The highest BCUT2D eigenvalue weighted by molar-refractivity contribution is 5.82. The fraction of sp³-hybridized carbons (Fsp3) is 0.308. The minimum absolute atomic E-state index is 0.136. The summed E-state index contributed by atoms with van der Waals surface area (Å²) in [5, 5.41) is 11.6. The van der Waals surface area contributed by atoms with Crippen molar-refractivity contribution in [3.8, 4) is 0 Å². The molecule has 7 heteroatoms. The van der Waals surface area contributed by atoms with Gasteiger partial charge in [0.05, 0.1) is 6.33 Å². The maximum atomic E-state index is 12.0. The first-order chi connectivity index (χ1) is 9.58. The number of imidazole rings is 1. The van der Waals surface area contributed by atoms with Gasteiger partial charge in [0.1, 0.15) is 6.04 Å². The Morgan fingerprint density at radius 1 is 1.45 bits per heavy atom. The van der Waals surface area contributed by atoms with Crippen LogP contribution in [0.5, 0.6) is 0 Å². The molecule has 0 aromatic carbocycles. The molecular weight excluding hydrogens is 260 g/mol. The Morgan fingerprint density at radius 3 is 2.55 bits per heavy atom. The molecule has 0 aliphatic carbocycles. The van der Waals surface area contributed by atoms with Crippen LogP contribution in [0.4, 0.5) is 4.79 Å². The Morgan fingerprint density at radius 2 is 2.10 bits per heavy atom. The molecule has 0 aliphatic heterocycles. The molecule has 0 saturated heterocycles. The quantitative estimate of drug-likeness (QED) is 0.612. The fourth-order valence-corrected chi connectivity index (χ4v) is 1.61. The number of carboxylic acid groups (broad SMARTS) is 1. The van der Waals surface area contributed by atoms with Crippen molar-refractivity contribution in [2.24, 2.45) is 0 Å². The number of nitrogens with one attached hydrogen (secondary N) is 2. The molecule has 0 spiro atoms. The lowest BCUT2D eigenvalue weighted by Crippen LogP contribution is -2.49. The van der Waals surface area contributed by atoms with E-state index in [0.717, 1.165) is 0 Å². The fourth-order valence-electron chi connectivity index (χ4n) is 1.61. The summed E-state index contributed by atoms with van der Waals surface area (Å²) < 4.78 is 0. The van der Waals surface area contributed by atoms with Crippen molar-refractivity contribution in [1.82, 2.24) is 20.2 Å². The van der Waals surface area contributed by atoms with E-state index in [0.29, 0.717) is 18.8 Å². The SMILES string of the molecule is C=CCN(CC=C)C(=O)N[C@@H](Cc1cnc[nH]1)C(=O)O. The van der Waals surface area contributed by atoms with E-state index in [1.54, 1.807) is 12.2 Å². The number of hydrogen-bond acceptors (Lipinski definition) is 3. The van der Waals surface area contributed by atoms with Crippen LogP contribution in [0.1, 0.15) is 5.69 Å². The van der Waals surface area contributed by atoms with Crippen LogP contribution in [0, 0.1) is 0 Å². The monoisotopic (exact) mass is 278 g/mol. The van der Waals surface area contributed by atoms with E-state index in [9.17, 15) is 9.59 Å². The highest BCUT2D eigenvalue weighted by Crippen LogP contribution is 2.01. The summed E-state index contributed by atoms with van der Waals surface area (Å²) in [6, 6.07) is -1.50. The number of carbonyl (C=O) groups is 2. The zero-order valence-electron chi connectivity index (χ0n) is 11.1. The number of aliphatic carboxylic acids is 1. The molecular formula is C13H18N4O3. The number of urea groups is 1. The summed E-state index contributed by atoms with van der Waals surface area (Å²) in [6.45, 7) is 7.74. The maximum Gasteiger partial charge on any atom is 0.326 e. The van der Waals surface area contributed by atoms with E-state index in [1.807, 2.05) is 0 Å². The number of carboxylic acids is 1. The van der Waals surface area contributed by atoms with E-state index < -0.39 is 18.0 Å². The van der Waals surface area contributed by atoms with E-state index in [1.165, 1.54) is 17.4 Å². The first-order valence-corrected chi connectivity index (χ1v) is 6.05. The zero-order valence-corrected chi connectivity index (χ0v) is 11.1. The van der Waals surface area contributed by atoms with E-state index in [-0.39, 0.29) is 6.42 Å². The molecule has 1 aromatic heterocycles. The first-order valence-electron chi connectivity index (χ1n) is 6.05. The average Bonchev–Trinajstić information content (AvgIpc) is 2.90. The van der Waals surface area contributed by atoms with Crippen LogP contribution in [0.2, 0.25) is 0 Å². The van der Waals surface area contributed by atoms with Crippen molar-refractivity contribution in [3.63, 3.8) is 0 Å². The summed E-state index contributed by atoms with van der Waals surface area (Å²) >= 11 is 0. The molecule has 2 amide bonds. The molecule has 0 fully saturated rings. The molecule has 1 rings (SSSR count).